The van der Waals surface area contributed by atoms with Gasteiger partial charge in [-0.2, -0.15) is 0 Å². The number of rotatable bonds is 4. The normalized spacial score (nSPS) is 18.9. The number of carbonyl (C=O) groups excluding carboxylic acids is 2. The van der Waals surface area contributed by atoms with Crippen LogP contribution in [0, 0.1) is 0 Å². The number of benzene rings is 2. The number of ether oxygens (including phenoxy) is 1. The van der Waals surface area contributed by atoms with Crippen molar-refractivity contribution < 1.29 is 14.3 Å². The SMILES string of the molecule is COc1ccc(C2CCCN2C(=O)Nc2cccc(N3CCNC3=O)c2)cc1. The summed E-state index contributed by atoms with van der Waals surface area (Å²) in [6.07, 6.45) is 1.91. The van der Waals surface area contributed by atoms with E-state index in [9.17, 15) is 9.59 Å². The molecule has 0 aliphatic carbocycles. The average molecular weight is 380 g/mol. The van der Waals surface area contributed by atoms with E-state index in [0.29, 0.717) is 18.8 Å². The van der Waals surface area contributed by atoms with E-state index >= 15 is 0 Å². The van der Waals surface area contributed by atoms with Crippen LogP contribution in [0.15, 0.2) is 48.5 Å². The first-order valence-corrected chi connectivity index (χ1v) is 9.53. The summed E-state index contributed by atoms with van der Waals surface area (Å²) >= 11 is 0. The van der Waals surface area contributed by atoms with Crippen molar-refractivity contribution in [2.75, 3.05) is 37.0 Å². The number of likely N-dealkylation sites (tertiary alicyclic amines) is 1. The second-order valence-corrected chi connectivity index (χ2v) is 6.99. The molecule has 1 unspecified atom stereocenters. The van der Waals surface area contributed by atoms with Gasteiger partial charge in [-0.25, -0.2) is 9.59 Å². The van der Waals surface area contributed by atoms with Gasteiger partial charge in [0.15, 0.2) is 0 Å². The van der Waals surface area contributed by atoms with Crippen LogP contribution in [-0.4, -0.2) is 43.7 Å². The predicted molar refractivity (Wildman–Crippen MR) is 108 cm³/mol. The first-order valence-electron chi connectivity index (χ1n) is 9.53. The van der Waals surface area contributed by atoms with Crippen molar-refractivity contribution in [3.8, 4) is 5.75 Å². The topological polar surface area (TPSA) is 73.9 Å². The van der Waals surface area contributed by atoms with Gasteiger partial charge in [-0.1, -0.05) is 18.2 Å². The Balaban J connectivity index is 1.47. The van der Waals surface area contributed by atoms with E-state index in [1.54, 1.807) is 12.0 Å². The van der Waals surface area contributed by atoms with Gasteiger partial charge in [-0.15, -0.1) is 0 Å². The maximum Gasteiger partial charge on any atom is 0.322 e. The number of methoxy groups -OCH3 is 1. The molecule has 7 nitrogen and oxygen atoms in total. The van der Waals surface area contributed by atoms with Crippen molar-refractivity contribution in [1.29, 1.82) is 0 Å². The molecule has 2 heterocycles. The highest BCUT2D eigenvalue weighted by molar-refractivity contribution is 5.96. The van der Waals surface area contributed by atoms with Crippen LogP contribution >= 0.6 is 0 Å². The highest BCUT2D eigenvalue weighted by Crippen LogP contribution is 2.33. The molecule has 2 aromatic carbocycles. The molecule has 28 heavy (non-hydrogen) atoms. The van der Waals surface area contributed by atoms with Gasteiger partial charge in [0.1, 0.15) is 5.75 Å². The van der Waals surface area contributed by atoms with Crippen LogP contribution in [-0.2, 0) is 0 Å². The molecule has 7 heteroatoms. The lowest BCUT2D eigenvalue weighted by molar-refractivity contribution is 0.207. The van der Waals surface area contributed by atoms with Crippen molar-refractivity contribution in [3.63, 3.8) is 0 Å². The van der Waals surface area contributed by atoms with Crippen molar-refractivity contribution >= 4 is 23.4 Å². The van der Waals surface area contributed by atoms with E-state index in [0.717, 1.165) is 36.4 Å². The lowest BCUT2D eigenvalue weighted by atomic mass is 10.0. The molecule has 0 bridgehead atoms. The molecule has 2 aliphatic rings. The van der Waals surface area contributed by atoms with Crippen molar-refractivity contribution in [2.24, 2.45) is 0 Å². The molecule has 2 aliphatic heterocycles. The summed E-state index contributed by atoms with van der Waals surface area (Å²) in [6, 6.07) is 15.1. The Kier molecular flexibility index (Phi) is 5.06. The van der Waals surface area contributed by atoms with Crippen LogP contribution in [0.25, 0.3) is 0 Å². The van der Waals surface area contributed by atoms with E-state index < -0.39 is 0 Å². The van der Waals surface area contributed by atoms with Gasteiger partial charge in [-0.05, 0) is 48.7 Å². The monoisotopic (exact) mass is 380 g/mol. The standard InChI is InChI=1S/C21H24N4O3/c1-28-18-9-7-15(8-10-18)19-6-3-12-25(19)21(27)23-16-4-2-5-17(14-16)24-13-11-22-20(24)26/h2,4-5,7-10,14,19H,3,6,11-13H2,1H3,(H,22,26)(H,23,27). The molecular formula is C21H24N4O3. The van der Waals surface area contributed by atoms with Crippen LogP contribution in [0.4, 0.5) is 21.0 Å². The summed E-state index contributed by atoms with van der Waals surface area (Å²) < 4.78 is 5.22. The molecule has 2 fully saturated rings. The Morgan fingerprint density at radius 1 is 1.18 bits per heavy atom. The second-order valence-electron chi connectivity index (χ2n) is 6.99. The fourth-order valence-corrected chi connectivity index (χ4v) is 3.85. The van der Waals surface area contributed by atoms with Crippen molar-refractivity contribution in [1.82, 2.24) is 10.2 Å². The Hall–Kier alpha value is -3.22. The van der Waals surface area contributed by atoms with Gasteiger partial charge < -0.3 is 20.3 Å². The molecule has 2 saturated heterocycles. The van der Waals surface area contributed by atoms with E-state index in [1.807, 2.05) is 53.4 Å². The molecule has 0 spiro atoms. The van der Waals surface area contributed by atoms with Crippen LogP contribution in [0.5, 0.6) is 5.75 Å². The van der Waals surface area contributed by atoms with Gasteiger partial charge in [0.25, 0.3) is 0 Å². The fourth-order valence-electron chi connectivity index (χ4n) is 3.85. The zero-order chi connectivity index (χ0) is 19.5. The minimum atomic E-state index is -0.124. The number of amides is 4. The third-order valence-corrected chi connectivity index (χ3v) is 5.28. The molecule has 2 aromatic rings. The lowest BCUT2D eigenvalue weighted by Crippen LogP contribution is -2.34. The molecule has 0 aromatic heterocycles. The Morgan fingerprint density at radius 3 is 2.71 bits per heavy atom. The molecule has 4 rings (SSSR count). The summed E-state index contributed by atoms with van der Waals surface area (Å²) in [7, 11) is 1.64. The number of hydrogen-bond donors (Lipinski definition) is 2. The number of nitrogens with zero attached hydrogens (tertiary/aromatic N) is 2. The molecule has 0 radical (unpaired) electrons. The fraction of sp³-hybridized carbons (Fsp3) is 0.333. The van der Waals surface area contributed by atoms with E-state index in [4.69, 9.17) is 4.74 Å². The van der Waals surface area contributed by atoms with Gasteiger partial charge in [-0.3, -0.25) is 4.90 Å². The Morgan fingerprint density at radius 2 is 2.00 bits per heavy atom. The number of nitrogens with one attached hydrogen (secondary N) is 2. The minimum absolute atomic E-state index is 0.0541. The Bertz CT molecular complexity index is 868. The van der Waals surface area contributed by atoms with Crippen LogP contribution in [0.2, 0.25) is 0 Å². The van der Waals surface area contributed by atoms with E-state index in [1.165, 1.54) is 0 Å². The summed E-state index contributed by atoms with van der Waals surface area (Å²) in [6.45, 7) is 1.98. The highest BCUT2D eigenvalue weighted by Gasteiger charge is 2.30. The third kappa shape index (κ3) is 3.60. The summed E-state index contributed by atoms with van der Waals surface area (Å²) in [4.78, 5) is 28.3. The van der Waals surface area contributed by atoms with Crippen LogP contribution in [0.3, 0.4) is 0 Å². The quantitative estimate of drug-likeness (QED) is 0.851. The molecule has 1 atom stereocenters. The first kappa shape index (κ1) is 18.2. The molecule has 146 valence electrons. The van der Waals surface area contributed by atoms with E-state index in [-0.39, 0.29) is 18.1 Å². The third-order valence-electron chi connectivity index (χ3n) is 5.28. The maximum absolute atomic E-state index is 12.9. The minimum Gasteiger partial charge on any atom is -0.497 e. The smallest absolute Gasteiger partial charge is 0.322 e. The molecule has 2 N–H and O–H groups in total. The molecular weight excluding hydrogens is 356 g/mol. The number of hydrogen-bond acceptors (Lipinski definition) is 3. The number of carbonyl (C=O) groups is 2. The van der Waals surface area contributed by atoms with Gasteiger partial charge in [0.2, 0.25) is 0 Å². The number of urea groups is 2. The van der Waals surface area contributed by atoms with Gasteiger partial charge >= 0.3 is 12.1 Å². The molecule has 0 saturated carbocycles. The van der Waals surface area contributed by atoms with Crippen LogP contribution in [0.1, 0.15) is 24.4 Å². The zero-order valence-corrected chi connectivity index (χ0v) is 15.9. The van der Waals surface area contributed by atoms with Crippen molar-refractivity contribution in [3.05, 3.63) is 54.1 Å². The number of anilines is 2. The lowest BCUT2D eigenvalue weighted by Gasteiger charge is -2.26. The second kappa shape index (κ2) is 7.80. The van der Waals surface area contributed by atoms with Gasteiger partial charge in [0.05, 0.1) is 13.2 Å². The molecule has 4 amide bonds. The summed E-state index contributed by atoms with van der Waals surface area (Å²) in [5.74, 6) is 0.806. The summed E-state index contributed by atoms with van der Waals surface area (Å²) in [5, 5.41) is 5.78. The Labute approximate surface area is 164 Å². The van der Waals surface area contributed by atoms with Gasteiger partial charge in [0, 0.05) is 31.0 Å². The highest BCUT2D eigenvalue weighted by atomic mass is 16.5. The first-order chi connectivity index (χ1) is 13.7. The largest absolute Gasteiger partial charge is 0.497 e. The zero-order valence-electron chi connectivity index (χ0n) is 15.9. The average Bonchev–Trinajstić information content (AvgIpc) is 3.37. The summed E-state index contributed by atoms with van der Waals surface area (Å²) in [5.41, 5.74) is 2.57. The maximum atomic E-state index is 12.9. The van der Waals surface area contributed by atoms with E-state index in [2.05, 4.69) is 10.6 Å². The van der Waals surface area contributed by atoms with Crippen LogP contribution < -0.4 is 20.3 Å². The van der Waals surface area contributed by atoms with Crippen molar-refractivity contribution in [2.45, 2.75) is 18.9 Å². The predicted octanol–water partition coefficient (Wildman–Crippen LogP) is 3.59.